The Labute approximate surface area is 109 Å². The van der Waals surface area contributed by atoms with Crippen molar-refractivity contribution in [2.75, 3.05) is 0 Å². The zero-order valence-corrected chi connectivity index (χ0v) is 11.2. The van der Waals surface area contributed by atoms with Crippen LogP contribution in [0.2, 0.25) is 0 Å². The first-order valence-corrected chi connectivity index (χ1v) is 6.63. The van der Waals surface area contributed by atoms with Gasteiger partial charge in [-0.1, -0.05) is 0 Å². The summed E-state index contributed by atoms with van der Waals surface area (Å²) in [6, 6.07) is 3.82. The molecule has 0 radical (unpaired) electrons. The Kier molecular flexibility index (Phi) is 3.81. The van der Waals surface area contributed by atoms with Gasteiger partial charge in [0.05, 0.1) is 5.69 Å². The second-order valence-electron chi connectivity index (χ2n) is 4.19. The second-order valence-corrected chi connectivity index (χ2v) is 5.27. The molecule has 2 heterocycles. The summed E-state index contributed by atoms with van der Waals surface area (Å²) < 4.78 is 5.53. The molecule has 0 atom stereocenters. The highest BCUT2D eigenvalue weighted by molar-refractivity contribution is 7.15. The third-order valence-corrected chi connectivity index (χ3v) is 3.87. The molecule has 4 nitrogen and oxygen atoms in total. The van der Waals surface area contributed by atoms with Crippen LogP contribution in [0.5, 0.6) is 0 Å². The lowest BCUT2D eigenvalue weighted by atomic mass is 10.2. The minimum Gasteiger partial charge on any atom is -0.481 e. The van der Waals surface area contributed by atoms with Crippen LogP contribution in [0.4, 0.5) is 0 Å². The van der Waals surface area contributed by atoms with Crippen LogP contribution in [0.15, 0.2) is 16.5 Å². The number of aromatic nitrogens is 1. The number of nitrogens with zero attached hydrogens (tertiary/aromatic N) is 1. The summed E-state index contributed by atoms with van der Waals surface area (Å²) in [4.78, 5) is 16.1. The normalized spacial score (nSPS) is 10.8. The number of furan rings is 1. The predicted octanol–water partition coefficient (Wildman–Crippen LogP) is 3.43. The van der Waals surface area contributed by atoms with Gasteiger partial charge in [0.1, 0.15) is 5.76 Å². The van der Waals surface area contributed by atoms with E-state index in [-0.39, 0.29) is 6.42 Å². The number of hydrogen-bond donors (Lipinski definition) is 1. The van der Waals surface area contributed by atoms with Gasteiger partial charge in [0.2, 0.25) is 0 Å². The zero-order valence-electron chi connectivity index (χ0n) is 10.4. The fraction of sp³-hybridized carbons (Fsp3) is 0.385. The van der Waals surface area contributed by atoms with Gasteiger partial charge in [-0.3, -0.25) is 4.79 Å². The van der Waals surface area contributed by atoms with Gasteiger partial charge in [-0.15, -0.1) is 11.3 Å². The summed E-state index contributed by atoms with van der Waals surface area (Å²) in [7, 11) is 0. The standard InChI is InChI=1S/C13H15NO3S/c1-8-6-7-10(17-8)13-14-9(2)11(18-13)4-3-5-12(15)16/h6-7H,3-5H2,1-2H3,(H,15,16). The van der Waals surface area contributed by atoms with Crippen molar-refractivity contribution in [3.8, 4) is 10.8 Å². The maximum Gasteiger partial charge on any atom is 0.303 e. The van der Waals surface area contributed by atoms with Crippen LogP contribution in [-0.2, 0) is 11.2 Å². The lowest BCUT2D eigenvalue weighted by molar-refractivity contribution is -0.137. The highest BCUT2D eigenvalue weighted by Gasteiger charge is 2.12. The quantitative estimate of drug-likeness (QED) is 0.899. The Morgan fingerprint density at radius 3 is 2.83 bits per heavy atom. The SMILES string of the molecule is Cc1ccc(-c2nc(C)c(CCCC(=O)O)s2)o1. The van der Waals surface area contributed by atoms with Gasteiger partial charge in [0.15, 0.2) is 10.8 Å². The van der Waals surface area contributed by atoms with Crippen LogP contribution in [0.3, 0.4) is 0 Å². The molecule has 0 fully saturated rings. The molecule has 0 amide bonds. The fourth-order valence-corrected chi connectivity index (χ4v) is 2.78. The van der Waals surface area contributed by atoms with Crippen molar-refractivity contribution in [1.29, 1.82) is 0 Å². The number of aliphatic carboxylic acids is 1. The average molecular weight is 265 g/mol. The molecule has 0 saturated heterocycles. The zero-order chi connectivity index (χ0) is 13.1. The van der Waals surface area contributed by atoms with Gasteiger partial charge < -0.3 is 9.52 Å². The molecular formula is C13H15NO3S. The Balaban J connectivity index is 2.09. The molecule has 0 aliphatic heterocycles. The van der Waals surface area contributed by atoms with Crippen LogP contribution >= 0.6 is 11.3 Å². The highest BCUT2D eigenvalue weighted by atomic mass is 32.1. The molecule has 0 aliphatic carbocycles. The van der Waals surface area contributed by atoms with Crippen LogP contribution in [0.25, 0.3) is 10.8 Å². The van der Waals surface area contributed by atoms with E-state index in [0.29, 0.717) is 6.42 Å². The minimum atomic E-state index is -0.751. The molecule has 2 aromatic heterocycles. The van der Waals surface area contributed by atoms with Gasteiger partial charge in [-0.05, 0) is 38.8 Å². The summed E-state index contributed by atoms with van der Waals surface area (Å²) in [6.45, 7) is 3.85. The molecule has 0 spiro atoms. The van der Waals surface area contributed by atoms with Crippen LogP contribution in [0, 0.1) is 13.8 Å². The second kappa shape index (κ2) is 5.35. The van der Waals surface area contributed by atoms with E-state index in [1.165, 1.54) is 0 Å². The molecule has 0 unspecified atom stereocenters. The lowest BCUT2D eigenvalue weighted by Gasteiger charge is -1.95. The van der Waals surface area contributed by atoms with E-state index < -0.39 is 5.97 Å². The topological polar surface area (TPSA) is 63.3 Å². The third-order valence-electron chi connectivity index (χ3n) is 2.64. The van der Waals surface area contributed by atoms with Crippen LogP contribution < -0.4 is 0 Å². The molecule has 96 valence electrons. The van der Waals surface area contributed by atoms with Crippen molar-refractivity contribution in [2.24, 2.45) is 0 Å². The first-order chi connectivity index (χ1) is 8.56. The van der Waals surface area contributed by atoms with Crippen molar-refractivity contribution in [2.45, 2.75) is 33.1 Å². The van der Waals surface area contributed by atoms with Gasteiger partial charge in [0, 0.05) is 11.3 Å². The number of carbonyl (C=O) groups is 1. The molecule has 0 saturated carbocycles. The van der Waals surface area contributed by atoms with Crippen molar-refractivity contribution in [3.63, 3.8) is 0 Å². The predicted molar refractivity (Wildman–Crippen MR) is 69.9 cm³/mol. The van der Waals surface area contributed by atoms with Crippen LogP contribution in [0.1, 0.15) is 29.2 Å². The first kappa shape index (κ1) is 12.8. The summed E-state index contributed by atoms with van der Waals surface area (Å²) in [5.74, 6) is 0.898. The van der Waals surface area contributed by atoms with E-state index in [0.717, 1.165) is 33.5 Å². The number of carboxylic acids is 1. The minimum absolute atomic E-state index is 0.201. The van der Waals surface area contributed by atoms with Crippen molar-refractivity contribution >= 4 is 17.3 Å². The van der Waals surface area contributed by atoms with E-state index in [2.05, 4.69) is 4.98 Å². The monoisotopic (exact) mass is 265 g/mol. The molecular weight excluding hydrogens is 250 g/mol. The van der Waals surface area contributed by atoms with E-state index in [1.54, 1.807) is 11.3 Å². The van der Waals surface area contributed by atoms with Crippen molar-refractivity contribution in [1.82, 2.24) is 4.98 Å². The summed E-state index contributed by atoms with van der Waals surface area (Å²) in [5.41, 5.74) is 0.967. The van der Waals surface area contributed by atoms with E-state index in [9.17, 15) is 4.79 Å². The lowest BCUT2D eigenvalue weighted by Crippen LogP contribution is -1.95. The summed E-state index contributed by atoms with van der Waals surface area (Å²) in [5, 5.41) is 9.49. The fourth-order valence-electron chi connectivity index (χ4n) is 1.72. The Morgan fingerprint density at radius 1 is 1.44 bits per heavy atom. The maximum absolute atomic E-state index is 10.5. The van der Waals surface area contributed by atoms with Gasteiger partial charge in [-0.25, -0.2) is 4.98 Å². The van der Waals surface area contributed by atoms with E-state index in [1.807, 2.05) is 26.0 Å². The molecule has 2 aromatic rings. The van der Waals surface area contributed by atoms with Crippen molar-refractivity contribution in [3.05, 3.63) is 28.5 Å². The third kappa shape index (κ3) is 2.98. The molecule has 2 rings (SSSR count). The number of thiazole rings is 1. The number of rotatable bonds is 5. The van der Waals surface area contributed by atoms with Crippen LogP contribution in [-0.4, -0.2) is 16.1 Å². The number of aryl methyl sites for hydroxylation is 3. The Bertz CT molecular complexity index is 556. The molecule has 0 aliphatic rings. The van der Waals surface area contributed by atoms with Gasteiger partial charge >= 0.3 is 5.97 Å². The first-order valence-electron chi connectivity index (χ1n) is 5.81. The maximum atomic E-state index is 10.5. The molecule has 18 heavy (non-hydrogen) atoms. The number of carboxylic acid groups (broad SMARTS) is 1. The molecule has 5 heteroatoms. The highest BCUT2D eigenvalue weighted by Crippen LogP contribution is 2.30. The van der Waals surface area contributed by atoms with Crippen molar-refractivity contribution < 1.29 is 14.3 Å². The van der Waals surface area contributed by atoms with Gasteiger partial charge in [-0.2, -0.15) is 0 Å². The smallest absolute Gasteiger partial charge is 0.303 e. The molecule has 0 aromatic carbocycles. The Morgan fingerprint density at radius 2 is 2.22 bits per heavy atom. The molecule has 1 N–H and O–H groups in total. The van der Waals surface area contributed by atoms with E-state index in [4.69, 9.17) is 9.52 Å². The average Bonchev–Trinajstić information content (AvgIpc) is 2.86. The molecule has 0 bridgehead atoms. The Hall–Kier alpha value is -1.62. The number of hydrogen-bond acceptors (Lipinski definition) is 4. The van der Waals surface area contributed by atoms with E-state index >= 15 is 0 Å². The van der Waals surface area contributed by atoms with Gasteiger partial charge in [0.25, 0.3) is 0 Å². The summed E-state index contributed by atoms with van der Waals surface area (Å²) >= 11 is 1.58. The summed E-state index contributed by atoms with van der Waals surface area (Å²) in [6.07, 6.45) is 1.61. The largest absolute Gasteiger partial charge is 0.481 e.